The normalized spacial score (nSPS) is 10.9. The van der Waals surface area contributed by atoms with Gasteiger partial charge in [-0.3, -0.25) is 14.9 Å². The molecule has 0 aliphatic rings. The number of benzene rings is 4. The molecule has 1 amide bonds. The van der Waals surface area contributed by atoms with Crippen LogP contribution in [0.15, 0.2) is 113 Å². The lowest BCUT2D eigenvalue weighted by Gasteiger charge is -2.13. The first-order chi connectivity index (χ1) is 17.3. The Morgan fingerprint density at radius 2 is 1.28 bits per heavy atom. The first-order valence-electron chi connectivity index (χ1n) is 10.5. The number of nitrogens with zero attached hydrogens (tertiary/aromatic N) is 1. The van der Waals surface area contributed by atoms with Gasteiger partial charge in [0.05, 0.1) is 20.9 Å². The first kappa shape index (κ1) is 24.3. The Morgan fingerprint density at radius 3 is 1.97 bits per heavy atom. The number of nitrogens with one attached hydrogen (secondary N) is 1. The lowest BCUT2D eigenvalue weighted by atomic mass is 10.1. The maximum Gasteiger partial charge on any atom is 0.344 e. The molecule has 0 heterocycles. The number of ether oxygens (including phenoxy) is 1. The van der Waals surface area contributed by atoms with Crippen molar-refractivity contribution < 1.29 is 27.7 Å². The Hall–Kier alpha value is -4.83. The fourth-order valence-corrected chi connectivity index (χ4v) is 5.05. The van der Waals surface area contributed by atoms with Crippen molar-refractivity contribution in [3.63, 3.8) is 0 Å². The van der Waals surface area contributed by atoms with Crippen LogP contribution in [-0.4, -0.2) is 25.2 Å². The van der Waals surface area contributed by atoms with Crippen molar-refractivity contribution in [1.29, 1.82) is 0 Å². The molecule has 4 aromatic carbocycles. The van der Waals surface area contributed by atoms with E-state index in [1.807, 2.05) is 0 Å². The quantitative estimate of drug-likeness (QED) is 0.164. The summed E-state index contributed by atoms with van der Waals surface area (Å²) in [4.78, 5) is 35.5. The summed E-state index contributed by atoms with van der Waals surface area (Å²) in [7, 11) is -4.47. The van der Waals surface area contributed by atoms with Gasteiger partial charge >= 0.3 is 5.97 Å². The lowest BCUT2D eigenvalue weighted by molar-refractivity contribution is -0.387. The Balaban J connectivity index is 1.68. The number of rotatable bonds is 7. The third kappa shape index (κ3) is 4.98. The highest BCUT2D eigenvalue weighted by molar-refractivity contribution is 7.91. The zero-order valence-electron chi connectivity index (χ0n) is 18.5. The molecule has 0 saturated heterocycles. The minimum atomic E-state index is -4.47. The maximum absolute atomic E-state index is 13.3. The zero-order chi connectivity index (χ0) is 25.7. The van der Waals surface area contributed by atoms with Gasteiger partial charge in [0.15, 0.2) is 0 Å². The molecule has 0 unspecified atom stereocenters. The summed E-state index contributed by atoms with van der Waals surface area (Å²) in [5, 5.41) is 14.1. The predicted octanol–water partition coefficient (Wildman–Crippen LogP) is 4.90. The van der Waals surface area contributed by atoms with Crippen LogP contribution < -0.4 is 10.1 Å². The Bertz CT molecular complexity index is 1570. The Morgan fingerprint density at radius 1 is 0.722 bits per heavy atom. The number of carbonyl (C=O) groups excluding carboxylic acids is 2. The van der Waals surface area contributed by atoms with Gasteiger partial charge in [-0.2, -0.15) is 0 Å². The molecule has 4 aromatic rings. The van der Waals surface area contributed by atoms with E-state index >= 15 is 0 Å². The van der Waals surface area contributed by atoms with Crippen LogP contribution >= 0.6 is 0 Å². The minimum absolute atomic E-state index is 0.0498. The largest absolute Gasteiger partial charge is 0.422 e. The molecule has 180 valence electrons. The number of hydrogen-bond donors (Lipinski definition) is 1. The van der Waals surface area contributed by atoms with Crippen LogP contribution in [0.4, 0.5) is 11.4 Å². The molecule has 0 atom stereocenters. The van der Waals surface area contributed by atoms with Crippen molar-refractivity contribution in [2.24, 2.45) is 0 Å². The van der Waals surface area contributed by atoms with Crippen LogP contribution in [0.25, 0.3) is 0 Å². The summed E-state index contributed by atoms with van der Waals surface area (Å²) in [5.74, 6) is -1.67. The van der Waals surface area contributed by atoms with Gasteiger partial charge in [0.1, 0.15) is 10.6 Å². The second-order valence-electron chi connectivity index (χ2n) is 7.43. The van der Waals surface area contributed by atoms with Gasteiger partial charge in [0.25, 0.3) is 11.6 Å². The second kappa shape index (κ2) is 10.2. The van der Waals surface area contributed by atoms with Gasteiger partial charge in [-0.1, -0.05) is 54.6 Å². The molecule has 0 saturated carbocycles. The number of hydrogen-bond acceptors (Lipinski definition) is 7. The first-order valence-corrected chi connectivity index (χ1v) is 12.0. The summed E-state index contributed by atoms with van der Waals surface area (Å²) in [6.45, 7) is 0. The number of amides is 1. The Labute approximate surface area is 206 Å². The van der Waals surface area contributed by atoms with Gasteiger partial charge in [-0.25, -0.2) is 13.2 Å². The van der Waals surface area contributed by atoms with Crippen molar-refractivity contribution in [3.05, 3.63) is 124 Å². The smallest absolute Gasteiger partial charge is 0.344 e. The monoisotopic (exact) mass is 502 g/mol. The fraction of sp³-hybridized carbons (Fsp3) is 0. The molecule has 10 heteroatoms. The Kier molecular flexibility index (Phi) is 6.88. The van der Waals surface area contributed by atoms with Crippen LogP contribution in [0, 0.1) is 10.1 Å². The zero-order valence-corrected chi connectivity index (χ0v) is 19.3. The summed E-state index contributed by atoms with van der Waals surface area (Å²) in [6.07, 6.45) is 0. The second-order valence-corrected chi connectivity index (χ2v) is 9.32. The third-order valence-electron chi connectivity index (χ3n) is 5.11. The number of carbonyl (C=O) groups is 2. The van der Waals surface area contributed by atoms with Gasteiger partial charge in [0.2, 0.25) is 9.84 Å². The lowest BCUT2D eigenvalue weighted by Crippen LogP contribution is -2.18. The third-order valence-corrected chi connectivity index (χ3v) is 6.97. The highest BCUT2D eigenvalue weighted by Gasteiger charge is 2.31. The van der Waals surface area contributed by atoms with Crippen molar-refractivity contribution in [2.75, 3.05) is 5.32 Å². The van der Waals surface area contributed by atoms with Crippen LogP contribution in [0.5, 0.6) is 5.75 Å². The van der Waals surface area contributed by atoms with Crippen LogP contribution in [0.3, 0.4) is 0 Å². The molecule has 0 fully saturated rings. The van der Waals surface area contributed by atoms with E-state index in [1.165, 1.54) is 42.5 Å². The molecule has 1 N–H and O–H groups in total. The van der Waals surface area contributed by atoms with E-state index in [9.17, 15) is 28.1 Å². The molecule has 0 aliphatic carbocycles. The maximum atomic E-state index is 13.3. The highest BCUT2D eigenvalue weighted by Crippen LogP contribution is 2.31. The number of nitro benzene ring substituents is 1. The van der Waals surface area contributed by atoms with Gasteiger partial charge in [-0.05, 0) is 42.5 Å². The van der Waals surface area contributed by atoms with E-state index in [2.05, 4.69) is 5.32 Å². The molecule has 0 aromatic heterocycles. The summed E-state index contributed by atoms with van der Waals surface area (Å²) in [6, 6.07) is 24.7. The SMILES string of the molecule is O=C(Nc1ccccc1)c1ccccc1OC(=O)c1ccccc1S(=O)(=O)c1ccccc1[N+](=O)[O-]. The van der Waals surface area contributed by atoms with E-state index in [0.29, 0.717) is 5.69 Å². The van der Waals surface area contributed by atoms with E-state index in [4.69, 9.17) is 4.74 Å². The minimum Gasteiger partial charge on any atom is -0.422 e. The number of para-hydroxylation sites is 3. The average molecular weight is 503 g/mol. The molecule has 9 nitrogen and oxygen atoms in total. The number of esters is 1. The summed E-state index contributed by atoms with van der Waals surface area (Å²) >= 11 is 0. The van der Waals surface area contributed by atoms with Crippen LogP contribution in [-0.2, 0) is 9.84 Å². The van der Waals surface area contributed by atoms with Crippen molar-refractivity contribution in [3.8, 4) is 5.75 Å². The standard InChI is InChI=1S/C26H18N2O7S/c29-25(27-18-10-2-1-3-11-18)19-12-4-7-15-22(19)35-26(30)20-13-5-8-16-23(20)36(33,34)24-17-9-6-14-21(24)28(31)32/h1-17H,(H,27,29). The van der Waals surface area contributed by atoms with Crippen molar-refractivity contribution >= 4 is 33.1 Å². The molecule has 0 bridgehead atoms. The predicted molar refractivity (Wildman–Crippen MR) is 131 cm³/mol. The fourth-order valence-electron chi connectivity index (χ4n) is 3.44. The van der Waals surface area contributed by atoms with Gasteiger partial charge in [-0.15, -0.1) is 0 Å². The number of anilines is 1. The van der Waals surface area contributed by atoms with Crippen molar-refractivity contribution in [2.45, 2.75) is 9.79 Å². The van der Waals surface area contributed by atoms with Gasteiger partial charge in [0, 0.05) is 11.8 Å². The molecular weight excluding hydrogens is 484 g/mol. The number of nitro groups is 1. The van der Waals surface area contributed by atoms with E-state index in [-0.39, 0.29) is 16.9 Å². The van der Waals surface area contributed by atoms with E-state index in [0.717, 1.165) is 18.2 Å². The van der Waals surface area contributed by atoms with Crippen LogP contribution in [0.2, 0.25) is 0 Å². The van der Waals surface area contributed by atoms with Crippen molar-refractivity contribution in [1.82, 2.24) is 0 Å². The summed E-state index contributed by atoms with van der Waals surface area (Å²) in [5.41, 5.74) is -0.379. The topological polar surface area (TPSA) is 133 Å². The van der Waals surface area contributed by atoms with Gasteiger partial charge < -0.3 is 10.1 Å². The van der Waals surface area contributed by atoms with Crippen LogP contribution in [0.1, 0.15) is 20.7 Å². The molecule has 4 rings (SSSR count). The molecular formula is C26H18N2O7S. The highest BCUT2D eigenvalue weighted by atomic mass is 32.2. The summed E-state index contributed by atoms with van der Waals surface area (Å²) < 4.78 is 32.1. The molecule has 0 radical (unpaired) electrons. The molecule has 0 aliphatic heterocycles. The molecule has 36 heavy (non-hydrogen) atoms. The van der Waals surface area contributed by atoms with E-state index in [1.54, 1.807) is 42.5 Å². The van der Waals surface area contributed by atoms with E-state index < -0.39 is 42.1 Å². The molecule has 0 spiro atoms. The average Bonchev–Trinajstić information content (AvgIpc) is 2.89. The number of sulfone groups is 1.